The minimum Gasteiger partial charge on any atom is -0.313 e. The van der Waals surface area contributed by atoms with Crippen molar-refractivity contribution >= 4 is 11.3 Å². The highest BCUT2D eigenvalue weighted by molar-refractivity contribution is 7.09. The Morgan fingerprint density at radius 1 is 1.38 bits per heavy atom. The van der Waals surface area contributed by atoms with Crippen LogP contribution in [0.4, 0.5) is 0 Å². The fraction of sp³-hybridized carbons (Fsp3) is 0.562. The van der Waals surface area contributed by atoms with Crippen molar-refractivity contribution in [3.8, 4) is 0 Å². The van der Waals surface area contributed by atoms with Crippen LogP contribution in [0.5, 0.6) is 0 Å². The zero-order valence-corrected chi connectivity index (χ0v) is 13.9. The van der Waals surface area contributed by atoms with Gasteiger partial charge in [-0.25, -0.2) is 15.0 Å². The predicted octanol–water partition coefficient (Wildman–Crippen LogP) is 3.07. The van der Waals surface area contributed by atoms with Crippen molar-refractivity contribution in [3.05, 3.63) is 39.4 Å². The van der Waals surface area contributed by atoms with Crippen LogP contribution in [0.1, 0.15) is 54.1 Å². The molecule has 0 saturated heterocycles. The Hall–Kier alpha value is -1.33. The number of aryl methyl sites for hydroxylation is 1. The van der Waals surface area contributed by atoms with Crippen molar-refractivity contribution in [2.45, 2.75) is 46.1 Å². The van der Waals surface area contributed by atoms with E-state index in [1.807, 2.05) is 20.2 Å². The van der Waals surface area contributed by atoms with Gasteiger partial charge in [0.25, 0.3) is 0 Å². The number of rotatable bonds is 3. The lowest BCUT2D eigenvalue weighted by atomic mass is 9.74. The van der Waals surface area contributed by atoms with E-state index in [9.17, 15) is 0 Å². The number of nitrogens with one attached hydrogen (secondary N) is 1. The second-order valence-electron chi connectivity index (χ2n) is 6.63. The maximum absolute atomic E-state index is 4.83. The predicted molar refractivity (Wildman–Crippen MR) is 85.6 cm³/mol. The van der Waals surface area contributed by atoms with Gasteiger partial charge in [0.15, 0.2) is 0 Å². The van der Waals surface area contributed by atoms with E-state index < -0.39 is 0 Å². The molecule has 112 valence electrons. The van der Waals surface area contributed by atoms with Crippen LogP contribution in [0.25, 0.3) is 0 Å². The van der Waals surface area contributed by atoms with Crippen molar-refractivity contribution in [2.24, 2.45) is 5.41 Å². The van der Waals surface area contributed by atoms with Crippen molar-refractivity contribution in [1.29, 1.82) is 0 Å². The van der Waals surface area contributed by atoms with Crippen LogP contribution in [0.15, 0.2) is 11.6 Å². The summed E-state index contributed by atoms with van der Waals surface area (Å²) in [6.45, 7) is 6.65. The molecule has 0 amide bonds. The lowest BCUT2D eigenvalue weighted by Crippen LogP contribution is -2.32. The summed E-state index contributed by atoms with van der Waals surface area (Å²) in [5, 5.41) is 6.57. The van der Waals surface area contributed by atoms with Crippen molar-refractivity contribution < 1.29 is 0 Å². The largest absolute Gasteiger partial charge is 0.313 e. The first kappa shape index (κ1) is 14.6. The Morgan fingerprint density at radius 2 is 2.19 bits per heavy atom. The van der Waals surface area contributed by atoms with Gasteiger partial charge in [0.1, 0.15) is 10.8 Å². The fourth-order valence-electron chi connectivity index (χ4n) is 3.05. The molecule has 0 fully saturated rings. The van der Waals surface area contributed by atoms with Gasteiger partial charge in [-0.1, -0.05) is 13.8 Å². The average molecular weight is 302 g/mol. The van der Waals surface area contributed by atoms with Crippen LogP contribution >= 0.6 is 11.3 Å². The normalized spacial score (nSPS) is 20.3. The quantitative estimate of drug-likeness (QED) is 0.946. The molecule has 1 atom stereocenters. The summed E-state index contributed by atoms with van der Waals surface area (Å²) in [5.74, 6) is 0.885. The highest BCUT2D eigenvalue weighted by Gasteiger charge is 2.32. The first-order valence-corrected chi connectivity index (χ1v) is 8.28. The summed E-state index contributed by atoms with van der Waals surface area (Å²) in [6.07, 6.45) is 4.89. The third kappa shape index (κ3) is 3.14. The van der Waals surface area contributed by atoms with Gasteiger partial charge in [0, 0.05) is 34.6 Å². The summed E-state index contributed by atoms with van der Waals surface area (Å²) >= 11 is 1.68. The molecule has 21 heavy (non-hydrogen) atoms. The molecule has 2 heterocycles. The number of hydrogen-bond donors (Lipinski definition) is 1. The smallest absolute Gasteiger partial charge is 0.135 e. The molecule has 1 aliphatic carbocycles. The Bertz CT molecular complexity index is 647. The average Bonchev–Trinajstić information content (AvgIpc) is 2.81. The molecule has 2 aromatic rings. The molecule has 1 N–H and O–H groups in total. The van der Waals surface area contributed by atoms with Crippen molar-refractivity contribution in [2.75, 3.05) is 7.05 Å². The molecular weight excluding hydrogens is 280 g/mol. The molecule has 0 saturated carbocycles. The third-order valence-electron chi connectivity index (χ3n) is 4.05. The lowest BCUT2D eigenvalue weighted by Gasteiger charge is -2.36. The van der Waals surface area contributed by atoms with Gasteiger partial charge in [-0.15, -0.1) is 11.3 Å². The molecule has 4 nitrogen and oxygen atoms in total. The maximum Gasteiger partial charge on any atom is 0.135 e. The number of thiazole rings is 1. The first-order chi connectivity index (χ1) is 9.97. The van der Waals surface area contributed by atoms with E-state index in [2.05, 4.69) is 34.5 Å². The molecule has 1 unspecified atom stereocenters. The highest BCUT2D eigenvalue weighted by Crippen LogP contribution is 2.39. The van der Waals surface area contributed by atoms with Gasteiger partial charge in [-0.05, 0) is 32.2 Å². The Morgan fingerprint density at radius 3 is 2.86 bits per heavy atom. The van der Waals surface area contributed by atoms with Crippen LogP contribution in [-0.2, 0) is 12.8 Å². The molecule has 3 rings (SSSR count). The third-order valence-corrected chi connectivity index (χ3v) is 5.02. The minimum absolute atomic E-state index is 0.282. The van der Waals surface area contributed by atoms with Gasteiger partial charge >= 0.3 is 0 Å². The van der Waals surface area contributed by atoms with E-state index >= 15 is 0 Å². The molecule has 0 bridgehead atoms. The van der Waals surface area contributed by atoms with Gasteiger partial charge in [-0.2, -0.15) is 0 Å². The first-order valence-electron chi connectivity index (χ1n) is 7.40. The van der Waals surface area contributed by atoms with E-state index in [1.54, 1.807) is 11.3 Å². The molecule has 5 heteroatoms. The topological polar surface area (TPSA) is 50.7 Å². The number of aromatic nitrogens is 3. The van der Waals surface area contributed by atoms with Gasteiger partial charge in [-0.3, -0.25) is 0 Å². The SMILES string of the molecule is CNC1CC(C)(C)Cc2nc(Cc3nc(C)cs3)ncc21. The van der Waals surface area contributed by atoms with Gasteiger partial charge in [0.2, 0.25) is 0 Å². The standard InChI is InChI=1S/C16H22N4S/c1-10-9-21-15(19-10)5-14-18-8-11-12(17-4)6-16(2,3)7-13(11)20-14/h8-9,12,17H,5-7H2,1-4H3. The molecule has 0 spiro atoms. The van der Waals surface area contributed by atoms with E-state index in [0.717, 1.165) is 35.8 Å². The maximum atomic E-state index is 4.83. The summed E-state index contributed by atoms with van der Waals surface area (Å²) in [5.41, 5.74) is 3.81. The number of hydrogen-bond acceptors (Lipinski definition) is 5. The summed E-state index contributed by atoms with van der Waals surface area (Å²) in [4.78, 5) is 13.9. The molecule has 0 radical (unpaired) electrons. The number of nitrogens with zero attached hydrogens (tertiary/aromatic N) is 3. The van der Waals surface area contributed by atoms with Crippen LogP contribution in [0.3, 0.4) is 0 Å². The zero-order valence-electron chi connectivity index (χ0n) is 13.1. The Balaban J connectivity index is 1.89. The van der Waals surface area contributed by atoms with Crippen LogP contribution in [0.2, 0.25) is 0 Å². The van der Waals surface area contributed by atoms with Gasteiger partial charge < -0.3 is 5.32 Å². The van der Waals surface area contributed by atoms with Crippen LogP contribution in [-0.4, -0.2) is 22.0 Å². The van der Waals surface area contributed by atoms with E-state index in [-0.39, 0.29) is 5.41 Å². The van der Waals surface area contributed by atoms with Crippen molar-refractivity contribution in [1.82, 2.24) is 20.3 Å². The second kappa shape index (κ2) is 5.46. The zero-order chi connectivity index (χ0) is 15.0. The Labute approximate surface area is 130 Å². The lowest BCUT2D eigenvalue weighted by molar-refractivity contribution is 0.260. The summed E-state index contributed by atoms with van der Waals surface area (Å²) in [6, 6.07) is 0.361. The summed E-state index contributed by atoms with van der Waals surface area (Å²) in [7, 11) is 2.02. The summed E-state index contributed by atoms with van der Waals surface area (Å²) < 4.78 is 0. The monoisotopic (exact) mass is 302 g/mol. The number of fused-ring (bicyclic) bond motifs is 1. The van der Waals surface area contributed by atoms with Crippen molar-refractivity contribution in [3.63, 3.8) is 0 Å². The molecule has 0 aliphatic heterocycles. The second-order valence-corrected chi connectivity index (χ2v) is 7.58. The van der Waals surface area contributed by atoms with Crippen LogP contribution in [0, 0.1) is 12.3 Å². The highest BCUT2D eigenvalue weighted by atomic mass is 32.1. The Kier molecular flexibility index (Phi) is 3.80. The molecule has 2 aromatic heterocycles. The van der Waals surface area contributed by atoms with Gasteiger partial charge in [0.05, 0.1) is 6.42 Å². The van der Waals surface area contributed by atoms with E-state index in [1.165, 1.54) is 11.3 Å². The van der Waals surface area contributed by atoms with E-state index in [0.29, 0.717) is 6.04 Å². The fourth-order valence-corrected chi connectivity index (χ4v) is 3.82. The van der Waals surface area contributed by atoms with Crippen LogP contribution < -0.4 is 5.32 Å². The molecule has 1 aliphatic rings. The minimum atomic E-state index is 0.282. The molecular formula is C16H22N4S. The molecule has 0 aromatic carbocycles. The van der Waals surface area contributed by atoms with E-state index in [4.69, 9.17) is 4.98 Å².